The third-order valence-corrected chi connectivity index (χ3v) is 3.31. The van der Waals surface area contributed by atoms with Crippen LogP contribution in [0.1, 0.15) is 25.8 Å². The first-order valence-electron chi connectivity index (χ1n) is 7.87. The molecule has 0 aliphatic heterocycles. The average Bonchev–Trinajstić information content (AvgIpc) is 2.59. The van der Waals surface area contributed by atoms with E-state index in [0.717, 1.165) is 5.56 Å². The van der Waals surface area contributed by atoms with E-state index in [-0.39, 0.29) is 18.4 Å². The molecule has 1 atom stereocenters. The van der Waals surface area contributed by atoms with Crippen LogP contribution in [0.4, 0.5) is 0 Å². The maximum Gasteiger partial charge on any atom is 0.325 e. The number of carbonyl (C=O) groups excluding carboxylic acids is 3. The second-order valence-electron chi connectivity index (χ2n) is 5.31. The summed E-state index contributed by atoms with van der Waals surface area (Å²) in [5.74, 6) is -1.17. The fraction of sp³-hybridized carbons (Fsp3) is 0.389. The van der Waals surface area contributed by atoms with Crippen LogP contribution >= 0.6 is 0 Å². The smallest absolute Gasteiger partial charge is 0.325 e. The molecule has 24 heavy (non-hydrogen) atoms. The molecule has 0 aliphatic carbocycles. The Morgan fingerprint density at radius 1 is 1.25 bits per heavy atom. The molecule has 1 unspecified atom stereocenters. The Labute approximate surface area is 142 Å². The lowest BCUT2D eigenvalue weighted by molar-refractivity contribution is -0.147. The first-order valence-corrected chi connectivity index (χ1v) is 7.87. The molecule has 1 aromatic carbocycles. The maximum absolute atomic E-state index is 12.4. The lowest BCUT2D eigenvalue weighted by Crippen LogP contribution is -2.48. The quantitative estimate of drug-likeness (QED) is 0.580. The summed E-state index contributed by atoms with van der Waals surface area (Å²) in [6.07, 6.45) is 3.76. The van der Waals surface area contributed by atoms with Crippen molar-refractivity contribution in [1.82, 2.24) is 10.2 Å². The van der Waals surface area contributed by atoms with Gasteiger partial charge in [-0.2, -0.15) is 0 Å². The third kappa shape index (κ3) is 6.64. The maximum atomic E-state index is 12.4. The van der Waals surface area contributed by atoms with E-state index in [4.69, 9.17) is 0 Å². The van der Waals surface area contributed by atoms with E-state index in [9.17, 15) is 14.4 Å². The Morgan fingerprint density at radius 3 is 2.50 bits per heavy atom. The monoisotopic (exact) mass is 332 g/mol. The standard InChI is InChI=1S/C18H24N2O4/c1-4-12-20(13-17(22)24-3)18(23)14(2)19-16(21)11-10-15-8-6-5-7-9-15/h5-11,14H,4,12-13H2,1-3H3,(H,19,21). The van der Waals surface area contributed by atoms with Crippen LogP contribution in [-0.2, 0) is 19.1 Å². The molecule has 0 saturated carbocycles. The van der Waals surface area contributed by atoms with Gasteiger partial charge in [0.15, 0.2) is 0 Å². The molecule has 0 radical (unpaired) electrons. The molecule has 130 valence electrons. The number of rotatable bonds is 8. The van der Waals surface area contributed by atoms with Gasteiger partial charge in [0.1, 0.15) is 12.6 Å². The van der Waals surface area contributed by atoms with Crippen molar-refractivity contribution in [2.45, 2.75) is 26.3 Å². The highest BCUT2D eigenvalue weighted by atomic mass is 16.5. The Bertz CT molecular complexity index is 584. The molecule has 0 heterocycles. The summed E-state index contributed by atoms with van der Waals surface area (Å²) in [7, 11) is 1.27. The molecule has 0 aliphatic rings. The predicted molar refractivity (Wildman–Crippen MR) is 92.0 cm³/mol. The van der Waals surface area contributed by atoms with Gasteiger partial charge in [-0.15, -0.1) is 0 Å². The van der Waals surface area contributed by atoms with Crippen molar-refractivity contribution in [3.05, 3.63) is 42.0 Å². The second kappa shape index (κ2) is 10.2. The number of methoxy groups -OCH3 is 1. The molecule has 0 fully saturated rings. The van der Waals surface area contributed by atoms with Crippen LogP contribution < -0.4 is 5.32 Å². The van der Waals surface area contributed by atoms with Gasteiger partial charge in [-0.25, -0.2) is 0 Å². The number of benzene rings is 1. The van der Waals surface area contributed by atoms with Gasteiger partial charge in [0.2, 0.25) is 11.8 Å². The summed E-state index contributed by atoms with van der Waals surface area (Å²) in [5.41, 5.74) is 0.893. The summed E-state index contributed by atoms with van der Waals surface area (Å²) in [4.78, 5) is 37.1. The van der Waals surface area contributed by atoms with Crippen molar-refractivity contribution in [3.63, 3.8) is 0 Å². The van der Waals surface area contributed by atoms with E-state index in [0.29, 0.717) is 13.0 Å². The summed E-state index contributed by atoms with van der Waals surface area (Å²) in [6.45, 7) is 3.80. The van der Waals surface area contributed by atoms with Gasteiger partial charge in [0.25, 0.3) is 0 Å². The normalized spacial score (nSPS) is 11.8. The van der Waals surface area contributed by atoms with Crippen molar-refractivity contribution in [3.8, 4) is 0 Å². The number of hydrogen-bond acceptors (Lipinski definition) is 4. The number of nitrogens with one attached hydrogen (secondary N) is 1. The van der Waals surface area contributed by atoms with Crippen LogP contribution in [0.3, 0.4) is 0 Å². The lowest BCUT2D eigenvalue weighted by atomic mass is 10.2. The van der Waals surface area contributed by atoms with Crippen molar-refractivity contribution in [2.24, 2.45) is 0 Å². The van der Waals surface area contributed by atoms with Crippen LogP contribution in [0, 0.1) is 0 Å². The van der Waals surface area contributed by atoms with Gasteiger partial charge < -0.3 is 15.0 Å². The Kier molecular flexibility index (Phi) is 8.25. The van der Waals surface area contributed by atoms with Gasteiger partial charge in [-0.05, 0) is 25.0 Å². The Hall–Kier alpha value is -2.63. The first-order chi connectivity index (χ1) is 11.5. The first kappa shape index (κ1) is 19.4. The van der Waals surface area contributed by atoms with Crippen molar-refractivity contribution >= 4 is 23.9 Å². The van der Waals surface area contributed by atoms with Crippen molar-refractivity contribution in [2.75, 3.05) is 20.2 Å². The van der Waals surface area contributed by atoms with E-state index in [2.05, 4.69) is 10.1 Å². The van der Waals surface area contributed by atoms with Gasteiger partial charge in [0.05, 0.1) is 7.11 Å². The van der Waals surface area contributed by atoms with E-state index in [1.165, 1.54) is 18.1 Å². The zero-order valence-electron chi connectivity index (χ0n) is 14.3. The summed E-state index contributed by atoms with van der Waals surface area (Å²) >= 11 is 0. The molecule has 0 bridgehead atoms. The molecule has 6 nitrogen and oxygen atoms in total. The minimum absolute atomic E-state index is 0.122. The number of carbonyl (C=O) groups is 3. The molecule has 2 amide bonds. The van der Waals surface area contributed by atoms with E-state index in [1.807, 2.05) is 37.3 Å². The second-order valence-corrected chi connectivity index (χ2v) is 5.31. The third-order valence-electron chi connectivity index (χ3n) is 3.31. The summed E-state index contributed by atoms with van der Waals surface area (Å²) < 4.78 is 4.59. The predicted octanol–water partition coefficient (Wildman–Crippen LogP) is 1.62. The van der Waals surface area contributed by atoms with E-state index < -0.39 is 12.0 Å². The van der Waals surface area contributed by atoms with Crippen molar-refractivity contribution < 1.29 is 19.1 Å². The minimum atomic E-state index is -0.728. The summed E-state index contributed by atoms with van der Waals surface area (Å²) in [5, 5.41) is 2.61. The number of nitrogens with zero attached hydrogens (tertiary/aromatic N) is 1. The lowest BCUT2D eigenvalue weighted by Gasteiger charge is -2.24. The Morgan fingerprint density at radius 2 is 1.92 bits per heavy atom. The van der Waals surface area contributed by atoms with Crippen LogP contribution in [-0.4, -0.2) is 48.9 Å². The molecule has 1 rings (SSSR count). The zero-order chi connectivity index (χ0) is 17.9. The average molecular weight is 332 g/mol. The van der Waals surface area contributed by atoms with Gasteiger partial charge in [0, 0.05) is 12.6 Å². The zero-order valence-corrected chi connectivity index (χ0v) is 14.3. The molecular weight excluding hydrogens is 308 g/mol. The topological polar surface area (TPSA) is 75.7 Å². The number of ether oxygens (including phenoxy) is 1. The van der Waals surface area contributed by atoms with Crippen molar-refractivity contribution in [1.29, 1.82) is 0 Å². The molecule has 6 heteroatoms. The van der Waals surface area contributed by atoms with Crippen LogP contribution in [0.25, 0.3) is 6.08 Å². The number of esters is 1. The Balaban J connectivity index is 2.61. The van der Waals surface area contributed by atoms with E-state index in [1.54, 1.807) is 13.0 Å². The van der Waals surface area contributed by atoms with E-state index >= 15 is 0 Å². The fourth-order valence-corrected chi connectivity index (χ4v) is 2.09. The summed E-state index contributed by atoms with van der Waals surface area (Å²) in [6, 6.07) is 8.66. The van der Waals surface area contributed by atoms with Crippen LogP contribution in [0.15, 0.2) is 36.4 Å². The largest absolute Gasteiger partial charge is 0.468 e. The van der Waals surface area contributed by atoms with Gasteiger partial charge in [-0.3, -0.25) is 14.4 Å². The highest BCUT2D eigenvalue weighted by Gasteiger charge is 2.23. The SMILES string of the molecule is CCCN(CC(=O)OC)C(=O)C(C)NC(=O)C=Cc1ccccc1. The number of hydrogen-bond donors (Lipinski definition) is 1. The molecule has 1 aromatic rings. The highest BCUT2D eigenvalue weighted by molar-refractivity contribution is 5.95. The highest BCUT2D eigenvalue weighted by Crippen LogP contribution is 2.02. The fourth-order valence-electron chi connectivity index (χ4n) is 2.09. The molecule has 1 N–H and O–H groups in total. The minimum Gasteiger partial charge on any atom is -0.468 e. The van der Waals surface area contributed by atoms with Gasteiger partial charge >= 0.3 is 5.97 Å². The molecule has 0 aromatic heterocycles. The van der Waals surface area contributed by atoms with Crippen LogP contribution in [0.5, 0.6) is 0 Å². The molecule has 0 spiro atoms. The number of amides is 2. The molecular formula is C18H24N2O4. The molecule has 0 saturated heterocycles. The van der Waals surface area contributed by atoms with Crippen LogP contribution in [0.2, 0.25) is 0 Å². The van der Waals surface area contributed by atoms with Gasteiger partial charge in [-0.1, -0.05) is 37.3 Å².